The van der Waals surface area contributed by atoms with Gasteiger partial charge in [-0.2, -0.15) is 11.8 Å². The zero-order valence-corrected chi connectivity index (χ0v) is 17.0. The lowest BCUT2D eigenvalue weighted by atomic mass is 10.2. The fourth-order valence-electron chi connectivity index (χ4n) is 2.40. The molecule has 0 aliphatic carbocycles. The van der Waals surface area contributed by atoms with Crippen LogP contribution in [0.5, 0.6) is 0 Å². The Morgan fingerprint density at radius 1 is 0.769 bits per heavy atom. The summed E-state index contributed by atoms with van der Waals surface area (Å²) in [7, 11) is 0. The molecule has 4 N–H and O–H groups in total. The lowest BCUT2D eigenvalue weighted by molar-refractivity contribution is -0.00362. The minimum Gasteiger partial charge on any atom is -0.378 e. The molecule has 0 amide bonds. The third kappa shape index (κ3) is 16.3. The van der Waals surface area contributed by atoms with E-state index in [2.05, 4.69) is 10.6 Å². The second kappa shape index (κ2) is 19.8. The zero-order chi connectivity index (χ0) is 18.5. The standard InChI is InChI=1S/C18H39N3O4S/c19-4-2-1-3-15-26-17-18-16-24-11-7-20-5-9-22-13-14-23-10-6-21-8-12-25-18/h18,20-21H,1-17,19H2/t18-/m0/s1. The van der Waals surface area contributed by atoms with Crippen LogP contribution in [0.25, 0.3) is 0 Å². The third-order valence-corrected chi connectivity index (χ3v) is 5.06. The fraction of sp³-hybridized carbons (Fsp3) is 1.00. The predicted octanol–water partition coefficient (Wildman–Crippen LogP) is 0.476. The van der Waals surface area contributed by atoms with E-state index in [0.717, 1.165) is 50.7 Å². The van der Waals surface area contributed by atoms with Crippen molar-refractivity contribution >= 4 is 11.8 Å². The summed E-state index contributed by atoms with van der Waals surface area (Å²) in [6.45, 7) is 8.87. The average molecular weight is 394 g/mol. The zero-order valence-electron chi connectivity index (χ0n) is 16.2. The van der Waals surface area contributed by atoms with Gasteiger partial charge in [0.25, 0.3) is 0 Å². The highest BCUT2D eigenvalue weighted by Crippen LogP contribution is 2.10. The van der Waals surface area contributed by atoms with Crippen LogP contribution in [-0.2, 0) is 18.9 Å². The molecule has 0 bridgehead atoms. The Bertz CT molecular complexity index is 273. The van der Waals surface area contributed by atoms with E-state index in [1.165, 1.54) is 12.8 Å². The lowest BCUT2D eigenvalue weighted by Crippen LogP contribution is -2.31. The van der Waals surface area contributed by atoms with E-state index < -0.39 is 0 Å². The maximum Gasteiger partial charge on any atom is 0.0899 e. The monoisotopic (exact) mass is 393 g/mol. The van der Waals surface area contributed by atoms with Crippen molar-refractivity contribution in [3.8, 4) is 0 Å². The van der Waals surface area contributed by atoms with E-state index in [4.69, 9.17) is 24.7 Å². The van der Waals surface area contributed by atoms with Gasteiger partial charge in [0.05, 0.1) is 52.4 Å². The van der Waals surface area contributed by atoms with Crippen LogP contribution in [0.3, 0.4) is 0 Å². The van der Waals surface area contributed by atoms with Crippen molar-refractivity contribution in [2.75, 3.05) is 90.5 Å². The van der Waals surface area contributed by atoms with Crippen molar-refractivity contribution < 1.29 is 18.9 Å². The molecule has 7 nitrogen and oxygen atoms in total. The van der Waals surface area contributed by atoms with Gasteiger partial charge in [0.15, 0.2) is 0 Å². The largest absolute Gasteiger partial charge is 0.378 e. The Hall–Kier alpha value is 0.0700. The number of hydrogen-bond acceptors (Lipinski definition) is 8. The van der Waals surface area contributed by atoms with E-state index in [-0.39, 0.29) is 6.10 Å². The van der Waals surface area contributed by atoms with Crippen molar-refractivity contribution in [1.29, 1.82) is 0 Å². The molecular weight excluding hydrogens is 354 g/mol. The highest BCUT2D eigenvalue weighted by molar-refractivity contribution is 7.99. The molecule has 1 saturated heterocycles. The Labute approximate surface area is 163 Å². The van der Waals surface area contributed by atoms with Gasteiger partial charge in [-0.3, -0.25) is 0 Å². The number of ether oxygens (including phenoxy) is 4. The number of hydrogen-bond donors (Lipinski definition) is 3. The van der Waals surface area contributed by atoms with Crippen molar-refractivity contribution in [2.45, 2.75) is 25.4 Å². The molecule has 156 valence electrons. The molecule has 0 radical (unpaired) electrons. The smallest absolute Gasteiger partial charge is 0.0899 e. The van der Waals surface area contributed by atoms with Gasteiger partial charge in [-0.1, -0.05) is 6.42 Å². The molecule has 0 spiro atoms. The van der Waals surface area contributed by atoms with E-state index in [0.29, 0.717) is 46.2 Å². The number of rotatable bonds is 7. The Kier molecular flexibility index (Phi) is 18.4. The first kappa shape index (κ1) is 24.1. The summed E-state index contributed by atoms with van der Waals surface area (Å²) in [4.78, 5) is 0. The van der Waals surface area contributed by atoms with Gasteiger partial charge < -0.3 is 35.3 Å². The summed E-state index contributed by atoms with van der Waals surface area (Å²) in [6, 6.07) is 0. The third-order valence-electron chi connectivity index (χ3n) is 3.87. The first-order valence-corrected chi connectivity index (χ1v) is 11.1. The minimum absolute atomic E-state index is 0.148. The SMILES string of the molecule is NCCCCCSC[C@@H]1COCCNCCOCCOCCNCCO1. The number of nitrogens with two attached hydrogens (primary N) is 1. The summed E-state index contributed by atoms with van der Waals surface area (Å²) in [5.41, 5.74) is 5.53. The summed E-state index contributed by atoms with van der Waals surface area (Å²) in [6.07, 6.45) is 3.71. The molecule has 0 unspecified atom stereocenters. The van der Waals surface area contributed by atoms with Crippen LogP contribution in [0.4, 0.5) is 0 Å². The summed E-state index contributed by atoms with van der Waals surface area (Å²) < 4.78 is 22.8. The molecule has 1 heterocycles. The van der Waals surface area contributed by atoms with E-state index in [1.807, 2.05) is 11.8 Å². The fourth-order valence-corrected chi connectivity index (χ4v) is 3.43. The number of nitrogens with one attached hydrogen (secondary N) is 2. The highest BCUT2D eigenvalue weighted by atomic mass is 32.2. The van der Waals surface area contributed by atoms with Crippen molar-refractivity contribution in [3.05, 3.63) is 0 Å². The van der Waals surface area contributed by atoms with Crippen molar-refractivity contribution in [2.24, 2.45) is 5.73 Å². The van der Waals surface area contributed by atoms with Crippen LogP contribution >= 0.6 is 11.8 Å². The second-order valence-corrected chi connectivity index (χ2v) is 7.37. The van der Waals surface area contributed by atoms with Crippen molar-refractivity contribution in [1.82, 2.24) is 10.6 Å². The van der Waals surface area contributed by atoms with Gasteiger partial charge in [0.1, 0.15) is 0 Å². The van der Waals surface area contributed by atoms with Crippen LogP contribution < -0.4 is 16.4 Å². The molecule has 0 aromatic carbocycles. The van der Waals surface area contributed by atoms with Crippen LogP contribution in [-0.4, -0.2) is 96.6 Å². The molecule has 1 aliphatic rings. The summed E-state index contributed by atoms with van der Waals surface area (Å²) in [5.74, 6) is 2.14. The maximum absolute atomic E-state index is 6.01. The normalized spacial score (nSPS) is 23.2. The van der Waals surface area contributed by atoms with E-state index in [1.54, 1.807) is 0 Å². The average Bonchev–Trinajstić information content (AvgIpc) is 2.65. The van der Waals surface area contributed by atoms with Crippen LogP contribution in [0.1, 0.15) is 19.3 Å². The maximum atomic E-state index is 6.01. The van der Waals surface area contributed by atoms with Gasteiger partial charge in [0, 0.05) is 31.9 Å². The van der Waals surface area contributed by atoms with Crippen LogP contribution in [0.2, 0.25) is 0 Å². The van der Waals surface area contributed by atoms with E-state index >= 15 is 0 Å². The number of unbranched alkanes of at least 4 members (excludes halogenated alkanes) is 2. The second-order valence-electron chi connectivity index (χ2n) is 6.22. The van der Waals surface area contributed by atoms with E-state index in [9.17, 15) is 0 Å². The van der Waals surface area contributed by atoms with Gasteiger partial charge in [-0.05, 0) is 25.1 Å². The van der Waals surface area contributed by atoms with Crippen LogP contribution in [0, 0.1) is 0 Å². The molecule has 8 heteroatoms. The van der Waals surface area contributed by atoms with Gasteiger partial charge in [-0.15, -0.1) is 0 Å². The Balaban J connectivity index is 2.19. The molecule has 0 aromatic rings. The molecule has 0 aromatic heterocycles. The highest BCUT2D eigenvalue weighted by Gasteiger charge is 2.10. The first-order chi connectivity index (χ1) is 12.9. The van der Waals surface area contributed by atoms with Gasteiger partial charge >= 0.3 is 0 Å². The quantitative estimate of drug-likeness (QED) is 0.539. The Morgan fingerprint density at radius 2 is 1.42 bits per heavy atom. The summed E-state index contributed by atoms with van der Waals surface area (Å²) in [5, 5.41) is 6.66. The van der Waals surface area contributed by atoms with Gasteiger partial charge in [-0.25, -0.2) is 0 Å². The first-order valence-electron chi connectivity index (χ1n) is 9.97. The molecular formula is C18H39N3O4S. The minimum atomic E-state index is 0.148. The molecule has 1 fully saturated rings. The lowest BCUT2D eigenvalue weighted by Gasteiger charge is -2.18. The molecule has 1 aliphatic heterocycles. The molecule has 0 saturated carbocycles. The van der Waals surface area contributed by atoms with Crippen LogP contribution in [0.15, 0.2) is 0 Å². The Morgan fingerprint density at radius 3 is 2.12 bits per heavy atom. The van der Waals surface area contributed by atoms with Crippen molar-refractivity contribution in [3.63, 3.8) is 0 Å². The topological polar surface area (TPSA) is 87.0 Å². The summed E-state index contributed by atoms with van der Waals surface area (Å²) >= 11 is 1.95. The predicted molar refractivity (Wildman–Crippen MR) is 108 cm³/mol. The molecule has 1 rings (SSSR count). The molecule has 1 atom stereocenters. The van der Waals surface area contributed by atoms with Gasteiger partial charge in [0.2, 0.25) is 0 Å². The number of thioether (sulfide) groups is 1. The molecule has 26 heavy (non-hydrogen) atoms.